The van der Waals surface area contributed by atoms with Gasteiger partial charge in [-0.15, -0.1) is 0 Å². The molecule has 24 heavy (non-hydrogen) atoms. The van der Waals surface area contributed by atoms with Crippen LogP contribution in [0.4, 0.5) is 0 Å². The lowest BCUT2D eigenvalue weighted by Crippen LogP contribution is -2.59. The Hall–Kier alpha value is -1.55. The third-order valence-corrected chi connectivity index (χ3v) is 6.78. The number of nitrogens with zero attached hydrogens (tertiary/aromatic N) is 1. The van der Waals surface area contributed by atoms with Crippen molar-refractivity contribution in [3.05, 3.63) is 29.8 Å². The standard InChI is InChI=1S/C20H27NO3/c1-21(24-3)18(22)20-11-14-8-15(12-20)10-19(9-14,13-20)16-4-6-17(23-2)7-5-16/h4-7,14-15H,8-13H2,1-3H3/t14-,15-,19?,20?/m0/s1. The van der Waals surface area contributed by atoms with Crippen LogP contribution in [0.2, 0.25) is 0 Å². The fourth-order valence-electron chi connectivity index (χ4n) is 6.21. The molecule has 4 fully saturated rings. The van der Waals surface area contributed by atoms with E-state index >= 15 is 0 Å². The molecular formula is C20H27NO3. The molecule has 4 aliphatic carbocycles. The zero-order valence-corrected chi connectivity index (χ0v) is 14.9. The number of carbonyl (C=O) groups excluding carboxylic acids is 1. The molecule has 4 aliphatic rings. The van der Waals surface area contributed by atoms with Crippen molar-refractivity contribution in [2.24, 2.45) is 17.3 Å². The Kier molecular flexibility index (Phi) is 3.64. The maximum Gasteiger partial charge on any atom is 0.252 e. The van der Waals surface area contributed by atoms with Crippen LogP contribution in [0.15, 0.2) is 24.3 Å². The molecular weight excluding hydrogens is 302 g/mol. The molecule has 4 heteroatoms. The predicted octanol–water partition coefficient (Wildman–Crippen LogP) is 3.55. The molecule has 0 saturated heterocycles. The van der Waals surface area contributed by atoms with Crippen LogP contribution in [0.3, 0.4) is 0 Å². The third kappa shape index (κ3) is 2.26. The molecule has 0 aliphatic heterocycles. The number of benzene rings is 1. The number of carbonyl (C=O) groups is 1. The van der Waals surface area contributed by atoms with E-state index in [0.717, 1.165) is 25.0 Å². The summed E-state index contributed by atoms with van der Waals surface area (Å²) in [6, 6.07) is 8.54. The Morgan fingerprint density at radius 2 is 1.71 bits per heavy atom. The monoisotopic (exact) mass is 329 g/mol. The van der Waals surface area contributed by atoms with Crippen LogP contribution in [0.5, 0.6) is 5.75 Å². The fraction of sp³-hybridized carbons (Fsp3) is 0.650. The van der Waals surface area contributed by atoms with Crippen molar-refractivity contribution in [2.45, 2.75) is 43.9 Å². The second kappa shape index (κ2) is 5.48. The second-order valence-electron chi connectivity index (χ2n) is 8.24. The topological polar surface area (TPSA) is 38.8 Å². The van der Waals surface area contributed by atoms with Crippen LogP contribution in [0.1, 0.15) is 44.1 Å². The van der Waals surface area contributed by atoms with E-state index in [0.29, 0.717) is 11.8 Å². The Morgan fingerprint density at radius 3 is 2.25 bits per heavy atom. The summed E-state index contributed by atoms with van der Waals surface area (Å²) in [6.07, 6.45) is 6.78. The zero-order valence-electron chi connectivity index (χ0n) is 14.9. The minimum absolute atomic E-state index is 0.153. The van der Waals surface area contributed by atoms with Crippen LogP contribution in [0.25, 0.3) is 0 Å². The van der Waals surface area contributed by atoms with Gasteiger partial charge in [-0.25, -0.2) is 5.06 Å². The van der Waals surface area contributed by atoms with E-state index in [-0.39, 0.29) is 16.7 Å². The molecule has 0 spiro atoms. The van der Waals surface area contributed by atoms with E-state index in [4.69, 9.17) is 9.57 Å². The Morgan fingerprint density at radius 1 is 1.08 bits per heavy atom. The largest absolute Gasteiger partial charge is 0.497 e. The van der Waals surface area contributed by atoms with Gasteiger partial charge in [-0.1, -0.05) is 12.1 Å². The molecule has 0 radical (unpaired) electrons. The van der Waals surface area contributed by atoms with E-state index in [1.54, 1.807) is 21.3 Å². The van der Waals surface area contributed by atoms with Gasteiger partial charge in [0, 0.05) is 7.05 Å². The number of amides is 1. The number of hydrogen-bond acceptors (Lipinski definition) is 3. The van der Waals surface area contributed by atoms with Crippen molar-refractivity contribution in [1.29, 1.82) is 0 Å². The molecule has 2 atom stereocenters. The first kappa shape index (κ1) is 15.9. The highest BCUT2D eigenvalue weighted by atomic mass is 16.7. The average Bonchev–Trinajstić information content (AvgIpc) is 2.59. The lowest BCUT2D eigenvalue weighted by molar-refractivity contribution is -0.195. The maximum absolute atomic E-state index is 13.1. The van der Waals surface area contributed by atoms with Gasteiger partial charge in [0.05, 0.1) is 19.6 Å². The van der Waals surface area contributed by atoms with Gasteiger partial charge in [-0.05, 0) is 73.5 Å². The summed E-state index contributed by atoms with van der Waals surface area (Å²) in [5.74, 6) is 2.41. The molecule has 4 nitrogen and oxygen atoms in total. The first-order valence-electron chi connectivity index (χ1n) is 8.97. The van der Waals surface area contributed by atoms with Gasteiger partial charge >= 0.3 is 0 Å². The van der Waals surface area contributed by atoms with Gasteiger partial charge < -0.3 is 4.74 Å². The van der Waals surface area contributed by atoms with Gasteiger partial charge in [0.2, 0.25) is 0 Å². The van der Waals surface area contributed by atoms with E-state index in [1.165, 1.54) is 29.9 Å². The summed E-state index contributed by atoms with van der Waals surface area (Å²) in [7, 11) is 5.03. The third-order valence-electron chi connectivity index (χ3n) is 6.78. The summed E-state index contributed by atoms with van der Waals surface area (Å²) < 4.78 is 5.31. The molecule has 0 N–H and O–H groups in total. The van der Waals surface area contributed by atoms with E-state index in [2.05, 4.69) is 24.3 Å². The highest BCUT2D eigenvalue weighted by Crippen LogP contribution is 2.66. The molecule has 130 valence electrons. The first-order valence-corrected chi connectivity index (χ1v) is 8.97. The minimum atomic E-state index is -0.227. The lowest BCUT2D eigenvalue weighted by atomic mass is 9.42. The summed E-state index contributed by atoms with van der Waals surface area (Å²) >= 11 is 0. The van der Waals surface area contributed by atoms with E-state index < -0.39 is 0 Å². The van der Waals surface area contributed by atoms with Crippen molar-refractivity contribution in [3.63, 3.8) is 0 Å². The first-order chi connectivity index (χ1) is 11.5. The van der Waals surface area contributed by atoms with Crippen LogP contribution < -0.4 is 4.74 Å². The number of rotatable bonds is 4. The summed E-state index contributed by atoms with van der Waals surface area (Å²) in [5.41, 5.74) is 1.31. The highest BCUT2D eigenvalue weighted by Gasteiger charge is 2.61. The smallest absolute Gasteiger partial charge is 0.252 e. The lowest BCUT2D eigenvalue weighted by Gasteiger charge is -2.61. The van der Waals surface area contributed by atoms with Gasteiger partial charge in [0.25, 0.3) is 5.91 Å². The Balaban J connectivity index is 1.71. The Labute approximate surface area is 144 Å². The Bertz CT molecular complexity index is 625. The van der Waals surface area contributed by atoms with Crippen molar-refractivity contribution >= 4 is 5.91 Å². The van der Waals surface area contributed by atoms with Gasteiger partial charge in [-0.3, -0.25) is 9.63 Å². The van der Waals surface area contributed by atoms with Crippen LogP contribution in [-0.4, -0.2) is 32.2 Å². The molecule has 1 aromatic carbocycles. The second-order valence-corrected chi connectivity index (χ2v) is 8.24. The minimum Gasteiger partial charge on any atom is -0.497 e. The van der Waals surface area contributed by atoms with Crippen LogP contribution >= 0.6 is 0 Å². The number of hydroxylamine groups is 2. The van der Waals surface area contributed by atoms with Crippen LogP contribution in [-0.2, 0) is 15.0 Å². The molecule has 4 bridgehead atoms. The van der Waals surface area contributed by atoms with Crippen molar-refractivity contribution in [3.8, 4) is 5.75 Å². The number of hydrogen-bond donors (Lipinski definition) is 0. The van der Waals surface area contributed by atoms with E-state index in [1.807, 2.05) is 0 Å². The van der Waals surface area contributed by atoms with Crippen molar-refractivity contribution in [2.75, 3.05) is 21.3 Å². The molecule has 1 amide bonds. The normalized spacial score (nSPS) is 36.6. The quantitative estimate of drug-likeness (QED) is 0.793. The predicted molar refractivity (Wildman–Crippen MR) is 91.6 cm³/mol. The van der Waals surface area contributed by atoms with E-state index in [9.17, 15) is 4.79 Å². The average molecular weight is 329 g/mol. The van der Waals surface area contributed by atoms with Crippen LogP contribution in [0, 0.1) is 17.3 Å². The number of ether oxygens (including phenoxy) is 1. The van der Waals surface area contributed by atoms with Gasteiger partial charge in [-0.2, -0.15) is 0 Å². The molecule has 0 heterocycles. The summed E-state index contributed by atoms with van der Waals surface area (Å²) in [6.45, 7) is 0. The van der Waals surface area contributed by atoms with Crippen molar-refractivity contribution in [1.82, 2.24) is 5.06 Å². The SMILES string of the molecule is COc1ccc(C23C[C@@H]4C[C@H](CC(C(=O)N(C)OC)(C4)C2)C3)cc1. The highest BCUT2D eigenvalue weighted by molar-refractivity contribution is 5.82. The molecule has 0 aromatic heterocycles. The summed E-state index contributed by atoms with van der Waals surface area (Å²) in [5, 5.41) is 1.45. The zero-order chi connectivity index (χ0) is 16.9. The molecule has 5 rings (SSSR count). The molecule has 1 aromatic rings. The molecule has 0 unspecified atom stereocenters. The molecule has 4 saturated carbocycles. The van der Waals surface area contributed by atoms with Gasteiger partial charge in [0.15, 0.2) is 0 Å². The summed E-state index contributed by atoms with van der Waals surface area (Å²) in [4.78, 5) is 18.3. The van der Waals surface area contributed by atoms with Crippen molar-refractivity contribution < 1.29 is 14.4 Å². The van der Waals surface area contributed by atoms with Gasteiger partial charge in [0.1, 0.15) is 5.75 Å². The number of methoxy groups -OCH3 is 1. The maximum atomic E-state index is 13.1. The fourth-order valence-corrected chi connectivity index (χ4v) is 6.21.